The molecule has 9 heteroatoms. The van der Waals surface area contributed by atoms with Crippen LogP contribution < -0.4 is 10.5 Å². The van der Waals surface area contributed by atoms with Crippen molar-refractivity contribution < 1.29 is 18.3 Å². The van der Waals surface area contributed by atoms with Gasteiger partial charge in [0.25, 0.3) is 0 Å². The van der Waals surface area contributed by atoms with Crippen molar-refractivity contribution in [1.29, 1.82) is 0 Å². The summed E-state index contributed by atoms with van der Waals surface area (Å²) in [5.41, 5.74) is 5.47. The van der Waals surface area contributed by atoms with Crippen LogP contribution in [-0.2, 0) is 16.6 Å². The third kappa shape index (κ3) is 3.82. The number of sulfonamides is 1. The third-order valence-corrected chi connectivity index (χ3v) is 5.71. The minimum atomic E-state index is -3.80. The number of halogens is 1. The van der Waals surface area contributed by atoms with E-state index >= 15 is 0 Å². The van der Waals surface area contributed by atoms with E-state index in [2.05, 4.69) is 20.7 Å². The number of nitrogens with two attached hydrogens (primary N) is 1. The molecule has 112 valence electrons. The molecule has 0 aliphatic carbocycles. The first kappa shape index (κ1) is 16.0. The Labute approximate surface area is 133 Å². The van der Waals surface area contributed by atoms with Crippen LogP contribution in [0.2, 0.25) is 0 Å². The zero-order valence-corrected chi connectivity index (χ0v) is 13.8. The molecular formula is C12H11BrN2O4S2. The van der Waals surface area contributed by atoms with E-state index in [-0.39, 0.29) is 22.7 Å². The van der Waals surface area contributed by atoms with Crippen LogP contribution in [0.4, 0.5) is 5.69 Å². The topological polar surface area (TPSA) is 109 Å². The van der Waals surface area contributed by atoms with Gasteiger partial charge in [-0.05, 0) is 46.3 Å². The summed E-state index contributed by atoms with van der Waals surface area (Å²) in [6.45, 7) is 0.138. The highest BCUT2D eigenvalue weighted by atomic mass is 79.9. The van der Waals surface area contributed by atoms with Crippen LogP contribution >= 0.6 is 27.3 Å². The Balaban J connectivity index is 2.21. The number of rotatable bonds is 5. The third-order valence-electron chi connectivity index (χ3n) is 2.61. The average Bonchev–Trinajstić information content (AvgIpc) is 2.82. The molecule has 0 bridgehead atoms. The largest absolute Gasteiger partial charge is 0.478 e. The van der Waals surface area contributed by atoms with E-state index < -0.39 is 16.0 Å². The lowest BCUT2D eigenvalue weighted by Gasteiger charge is -2.09. The number of thiophene rings is 1. The van der Waals surface area contributed by atoms with E-state index in [9.17, 15) is 13.2 Å². The summed E-state index contributed by atoms with van der Waals surface area (Å²) in [6.07, 6.45) is 0. The van der Waals surface area contributed by atoms with Gasteiger partial charge in [0.1, 0.15) is 4.90 Å². The zero-order valence-electron chi connectivity index (χ0n) is 10.5. The number of carboxylic acids is 1. The molecule has 4 N–H and O–H groups in total. The lowest BCUT2D eigenvalue weighted by Crippen LogP contribution is -2.24. The number of benzene rings is 1. The van der Waals surface area contributed by atoms with Gasteiger partial charge >= 0.3 is 5.97 Å². The molecule has 0 saturated heterocycles. The van der Waals surface area contributed by atoms with Gasteiger partial charge in [-0.3, -0.25) is 0 Å². The van der Waals surface area contributed by atoms with Gasteiger partial charge in [0.15, 0.2) is 0 Å². The lowest BCUT2D eigenvalue weighted by molar-refractivity contribution is 0.0697. The first-order chi connectivity index (χ1) is 9.79. The van der Waals surface area contributed by atoms with Crippen LogP contribution in [0.1, 0.15) is 15.2 Å². The highest BCUT2D eigenvalue weighted by Gasteiger charge is 2.18. The van der Waals surface area contributed by atoms with Crippen molar-refractivity contribution in [3.05, 3.63) is 44.6 Å². The normalized spacial score (nSPS) is 11.5. The zero-order chi connectivity index (χ0) is 15.6. The molecule has 2 rings (SSSR count). The Morgan fingerprint density at radius 1 is 1.33 bits per heavy atom. The Hall–Kier alpha value is -1.42. The van der Waals surface area contributed by atoms with Crippen LogP contribution in [0.3, 0.4) is 0 Å². The second kappa shape index (κ2) is 6.14. The lowest BCUT2D eigenvalue weighted by atomic mass is 10.2. The van der Waals surface area contributed by atoms with Crippen LogP contribution in [0.5, 0.6) is 0 Å². The number of anilines is 1. The summed E-state index contributed by atoms with van der Waals surface area (Å²) in [7, 11) is -3.80. The maximum absolute atomic E-state index is 12.2. The van der Waals surface area contributed by atoms with Gasteiger partial charge in [-0.1, -0.05) is 0 Å². The molecule has 0 fully saturated rings. The SMILES string of the molecule is Nc1cc(C(=O)O)ccc1S(=O)(=O)NCc1ccc(Br)s1. The molecular weight excluding hydrogens is 380 g/mol. The Kier molecular flexibility index (Phi) is 4.67. The second-order valence-electron chi connectivity index (χ2n) is 4.09. The van der Waals surface area contributed by atoms with Gasteiger partial charge in [0, 0.05) is 11.4 Å². The quantitative estimate of drug-likeness (QED) is 0.678. The molecule has 2 aromatic rings. The molecule has 0 radical (unpaired) electrons. The monoisotopic (exact) mass is 390 g/mol. The van der Waals surface area contributed by atoms with Crippen molar-refractivity contribution in [2.24, 2.45) is 0 Å². The van der Waals surface area contributed by atoms with Gasteiger partial charge in [-0.25, -0.2) is 17.9 Å². The maximum atomic E-state index is 12.2. The predicted molar refractivity (Wildman–Crippen MR) is 83.9 cm³/mol. The molecule has 0 amide bonds. The predicted octanol–water partition coefficient (Wildman–Crippen LogP) is 2.27. The van der Waals surface area contributed by atoms with E-state index in [1.807, 2.05) is 6.07 Å². The average molecular weight is 391 g/mol. The molecule has 0 atom stereocenters. The molecule has 0 spiro atoms. The van der Waals surface area contributed by atoms with Gasteiger partial charge in [-0.2, -0.15) is 0 Å². The second-order valence-corrected chi connectivity index (χ2v) is 8.37. The van der Waals surface area contributed by atoms with Crippen LogP contribution in [0.15, 0.2) is 39.0 Å². The molecule has 1 heterocycles. The van der Waals surface area contributed by atoms with E-state index in [4.69, 9.17) is 10.8 Å². The van der Waals surface area contributed by atoms with Crippen molar-refractivity contribution in [3.8, 4) is 0 Å². The first-order valence-corrected chi connectivity index (χ1v) is 8.75. The Morgan fingerprint density at radius 2 is 2.05 bits per heavy atom. The molecule has 1 aromatic carbocycles. The minimum absolute atomic E-state index is 0.0614. The van der Waals surface area contributed by atoms with Crippen LogP contribution in [0.25, 0.3) is 0 Å². The number of hydrogen-bond acceptors (Lipinski definition) is 5. The van der Waals surface area contributed by atoms with Crippen molar-refractivity contribution in [1.82, 2.24) is 4.72 Å². The number of carboxylic acid groups (broad SMARTS) is 1. The molecule has 0 unspecified atom stereocenters. The van der Waals surface area contributed by atoms with Crippen molar-refractivity contribution >= 4 is 48.9 Å². The van der Waals surface area contributed by atoms with Gasteiger partial charge in [0.05, 0.1) is 15.0 Å². The Morgan fingerprint density at radius 3 is 2.57 bits per heavy atom. The van der Waals surface area contributed by atoms with E-state index in [0.29, 0.717) is 0 Å². The molecule has 0 saturated carbocycles. The summed E-state index contributed by atoms with van der Waals surface area (Å²) in [6, 6.07) is 7.14. The minimum Gasteiger partial charge on any atom is -0.478 e. The molecule has 6 nitrogen and oxygen atoms in total. The van der Waals surface area contributed by atoms with E-state index in [1.54, 1.807) is 6.07 Å². The van der Waals surface area contributed by atoms with Gasteiger partial charge < -0.3 is 10.8 Å². The molecule has 0 aliphatic rings. The number of nitrogen functional groups attached to an aromatic ring is 1. The fourth-order valence-electron chi connectivity index (χ4n) is 1.62. The fraction of sp³-hybridized carbons (Fsp3) is 0.0833. The van der Waals surface area contributed by atoms with Crippen molar-refractivity contribution in [2.75, 3.05) is 5.73 Å². The smallest absolute Gasteiger partial charge is 0.335 e. The summed E-state index contributed by atoms with van der Waals surface area (Å²) in [4.78, 5) is 11.5. The van der Waals surface area contributed by atoms with E-state index in [0.717, 1.165) is 14.7 Å². The Bertz CT molecular complexity index is 786. The summed E-state index contributed by atoms with van der Waals surface area (Å²) in [5, 5.41) is 8.83. The highest BCUT2D eigenvalue weighted by molar-refractivity contribution is 9.11. The summed E-state index contributed by atoms with van der Waals surface area (Å²) >= 11 is 4.71. The fourth-order valence-corrected chi connectivity index (χ4v) is 4.25. The van der Waals surface area contributed by atoms with Crippen molar-refractivity contribution in [3.63, 3.8) is 0 Å². The highest BCUT2D eigenvalue weighted by Crippen LogP contribution is 2.23. The molecule has 0 aliphatic heterocycles. The molecule has 1 aromatic heterocycles. The summed E-state index contributed by atoms with van der Waals surface area (Å²) in [5.74, 6) is -1.16. The molecule has 21 heavy (non-hydrogen) atoms. The van der Waals surface area contributed by atoms with Gasteiger partial charge in [-0.15, -0.1) is 11.3 Å². The van der Waals surface area contributed by atoms with Crippen LogP contribution in [0, 0.1) is 0 Å². The summed E-state index contributed by atoms with van der Waals surface area (Å²) < 4.78 is 27.7. The number of aromatic carboxylic acids is 1. The van der Waals surface area contributed by atoms with E-state index in [1.165, 1.54) is 23.5 Å². The maximum Gasteiger partial charge on any atom is 0.335 e. The van der Waals surface area contributed by atoms with Crippen LogP contribution in [-0.4, -0.2) is 19.5 Å². The standard InChI is InChI=1S/C12H11BrN2O4S2/c13-11-4-2-8(20-11)6-15-21(18,19)10-3-1-7(12(16)17)5-9(10)14/h1-5,15H,6,14H2,(H,16,17). The number of nitrogens with one attached hydrogen (secondary N) is 1. The number of carbonyl (C=O) groups is 1. The first-order valence-electron chi connectivity index (χ1n) is 5.66. The van der Waals surface area contributed by atoms with Crippen molar-refractivity contribution in [2.45, 2.75) is 11.4 Å². The van der Waals surface area contributed by atoms with Gasteiger partial charge in [0.2, 0.25) is 10.0 Å². The number of hydrogen-bond donors (Lipinski definition) is 3.